The minimum absolute atomic E-state index is 0.285. The molecule has 1 aliphatic heterocycles. The molecular formula is C16H32N2. The second-order valence-electron chi connectivity index (χ2n) is 7.67. The number of nitrogens with zero attached hydrogens (tertiary/aromatic N) is 1. The lowest BCUT2D eigenvalue weighted by Crippen LogP contribution is -2.63. The number of nitrogens with one attached hydrogen (secondary N) is 1. The van der Waals surface area contributed by atoms with Gasteiger partial charge in [-0.1, -0.05) is 33.6 Å². The molecule has 0 spiro atoms. The molecule has 2 rings (SSSR count). The van der Waals surface area contributed by atoms with E-state index in [0.717, 1.165) is 30.3 Å². The number of hydrogen-bond acceptors (Lipinski definition) is 2. The highest BCUT2D eigenvalue weighted by Crippen LogP contribution is 2.33. The molecule has 0 bridgehead atoms. The molecule has 3 atom stereocenters. The fourth-order valence-corrected chi connectivity index (χ4v) is 3.84. The van der Waals surface area contributed by atoms with Gasteiger partial charge in [0.25, 0.3) is 0 Å². The van der Waals surface area contributed by atoms with E-state index in [2.05, 4.69) is 44.8 Å². The third-order valence-electron chi connectivity index (χ3n) is 5.13. The van der Waals surface area contributed by atoms with Gasteiger partial charge in [0.1, 0.15) is 0 Å². The first-order valence-electron chi connectivity index (χ1n) is 7.88. The summed E-state index contributed by atoms with van der Waals surface area (Å²) in [5, 5.41) is 3.71. The molecule has 1 N–H and O–H groups in total. The summed E-state index contributed by atoms with van der Waals surface area (Å²) in [5.74, 6) is 2.64. The Hall–Kier alpha value is -0.0800. The first-order chi connectivity index (χ1) is 8.39. The molecule has 0 aromatic carbocycles. The topological polar surface area (TPSA) is 15.3 Å². The predicted molar refractivity (Wildman–Crippen MR) is 78.8 cm³/mol. The molecule has 18 heavy (non-hydrogen) atoms. The normalized spacial score (nSPS) is 37.3. The van der Waals surface area contributed by atoms with Crippen LogP contribution in [-0.4, -0.2) is 36.1 Å². The van der Waals surface area contributed by atoms with E-state index in [1.807, 2.05) is 0 Å². The molecule has 0 aromatic heterocycles. The van der Waals surface area contributed by atoms with E-state index in [-0.39, 0.29) is 5.54 Å². The molecule has 0 aromatic rings. The minimum Gasteiger partial charge on any atom is -0.309 e. The first kappa shape index (κ1) is 14.3. The zero-order valence-corrected chi connectivity index (χ0v) is 13.0. The van der Waals surface area contributed by atoms with E-state index in [1.165, 1.54) is 32.4 Å². The molecule has 1 aliphatic carbocycles. The molecule has 0 radical (unpaired) electrons. The van der Waals surface area contributed by atoms with Gasteiger partial charge in [-0.05, 0) is 38.0 Å². The van der Waals surface area contributed by atoms with Crippen LogP contribution >= 0.6 is 0 Å². The number of hydrogen-bond donors (Lipinski definition) is 1. The van der Waals surface area contributed by atoms with Crippen LogP contribution in [0, 0.1) is 17.8 Å². The number of rotatable bonds is 3. The molecule has 2 heteroatoms. The van der Waals surface area contributed by atoms with Crippen LogP contribution in [0.1, 0.15) is 53.9 Å². The van der Waals surface area contributed by atoms with Crippen molar-refractivity contribution in [1.82, 2.24) is 10.2 Å². The third-order valence-corrected chi connectivity index (χ3v) is 5.13. The zero-order valence-electron chi connectivity index (χ0n) is 13.0. The van der Waals surface area contributed by atoms with Crippen molar-refractivity contribution in [3.8, 4) is 0 Å². The van der Waals surface area contributed by atoms with Gasteiger partial charge in [-0.15, -0.1) is 0 Å². The molecule has 2 fully saturated rings. The van der Waals surface area contributed by atoms with Gasteiger partial charge in [0.15, 0.2) is 0 Å². The van der Waals surface area contributed by atoms with E-state index in [9.17, 15) is 0 Å². The van der Waals surface area contributed by atoms with Crippen molar-refractivity contribution in [3.05, 3.63) is 0 Å². The SMILES string of the molecule is CC(C)C1CNC(C)(C)CN1CC1CCCC1C. The summed E-state index contributed by atoms with van der Waals surface area (Å²) in [6, 6.07) is 0.728. The number of piperazine rings is 1. The molecule has 2 aliphatic rings. The molecule has 1 heterocycles. The maximum absolute atomic E-state index is 3.71. The van der Waals surface area contributed by atoms with Gasteiger partial charge < -0.3 is 5.32 Å². The van der Waals surface area contributed by atoms with Crippen LogP contribution in [0.4, 0.5) is 0 Å². The molecule has 1 saturated heterocycles. The van der Waals surface area contributed by atoms with E-state index < -0.39 is 0 Å². The molecular weight excluding hydrogens is 220 g/mol. The van der Waals surface area contributed by atoms with Crippen LogP contribution in [0.15, 0.2) is 0 Å². The van der Waals surface area contributed by atoms with E-state index in [0.29, 0.717) is 0 Å². The predicted octanol–water partition coefficient (Wildman–Crippen LogP) is 3.13. The van der Waals surface area contributed by atoms with Crippen LogP contribution in [0.5, 0.6) is 0 Å². The molecule has 106 valence electrons. The standard InChI is InChI=1S/C16H32N2/c1-12(2)15-9-17-16(4,5)11-18(15)10-14-8-6-7-13(14)3/h12-15,17H,6-11H2,1-5H3. The quantitative estimate of drug-likeness (QED) is 0.830. The van der Waals surface area contributed by atoms with Gasteiger partial charge in [0.05, 0.1) is 0 Å². The Balaban J connectivity index is 2.00. The Morgan fingerprint density at radius 2 is 2.00 bits per heavy atom. The van der Waals surface area contributed by atoms with Crippen molar-refractivity contribution in [2.75, 3.05) is 19.6 Å². The van der Waals surface area contributed by atoms with Crippen molar-refractivity contribution in [2.24, 2.45) is 17.8 Å². The van der Waals surface area contributed by atoms with Crippen LogP contribution in [0.25, 0.3) is 0 Å². The summed E-state index contributed by atoms with van der Waals surface area (Å²) in [7, 11) is 0. The molecule has 1 saturated carbocycles. The zero-order chi connectivity index (χ0) is 13.3. The Morgan fingerprint density at radius 1 is 1.28 bits per heavy atom. The Kier molecular flexibility index (Phi) is 4.38. The highest BCUT2D eigenvalue weighted by Gasteiger charge is 2.36. The summed E-state index contributed by atoms with van der Waals surface area (Å²) in [6.45, 7) is 15.6. The van der Waals surface area contributed by atoms with Gasteiger partial charge in [0, 0.05) is 31.2 Å². The average molecular weight is 252 g/mol. The lowest BCUT2D eigenvalue weighted by molar-refractivity contribution is 0.0507. The van der Waals surface area contributed by atoms with Crippen LogP contribution in [-0.2, 0) is 0 Å². The van der Waals surface area contributed by atoms with Gasteiger partial charge in [-0.3, -0.25) is 4.90 Å². The fourth-order valence-electron chi connectivity index (χ4n) is 3.84. The van der Waals surface area contributed by atoms with E-state index in [4.69, 9.17) is 0 Å². The lowest BCUT2D eigenvalue weighted by atomic mass is 9.90. The largest absolute Gasteiger partial charge is 0.309 e. The van der Waals surface area contributed by atoms with Crippen LogP contribution in [0.3, 0.4) is 0 Å². The molecule has 2 nitrogen and oxygen atoms in total. The van der Waals surface area contributed by atoms with Crippen LogP contribution < -0.4 is 5.32 Å². The Morgan fingerprint density at radius 3 is 2.56 bits per heavy atom. The molecule has 0 amide bonds. The Labute approximate surface area is 114 Å². The summed E-state index contributed by atoms with van der Waals surface area (Å²) >= 11 is 0. The van der Waals surface area contributed by atoms with Crippen molar-refractivity contribution in [3.63, 3.8) is 0 Å². The van der Waals surface area contributed by atoms with Gasteiger partial charge in [-0.25, -0.2) is 0 Å². The smallest absolute Gasteiger partial charge is 0.0252 e. The monoisotopic (exact) mass is 252 g/mol. The van der Waals surface area contributed by atoms with Crippen molar-refractivity contribution < 1.29 is 0 Å². The van der Waals surface area contributed by atoms with Gasteiger partial charge >= 0.3 is 0 Å². The fraction of sp³-hybridized carbons (Fsp3) is 1.00. The first-order valence-corrected chi connectivity index (χ1v) is 7.88. The third kappa shape index (κ3) is 3.27. The van der Waals surface area contributed by atoms with Crippen molar-refractivity contribution in [2.45, 2.75) is 65.5 Å². The van der Waals surface area contributed by atoms with Crippen molar-refractivity contribution >= 4 is 0 Å². The van der Waals surface area contributed by atoms with E-state index in [1.54, 1.807) is 0 Å². The summed E-state index contributed by atoms with van der Waals surface area (Å²) in [4.78, 5) is 2.79. The highest BCUT2D eigenvalue weighted by atomic mass is 15.3. The summed E-state index contributed by atoms with van der Waals surface area (Å²) < 4.78 is 0. The maximum atomic E-state index is 3.71. The molecule has 3 unspecified atom stereocenters. The van der Waals surface area contributed by atoms with Gasteiger partial charge in [-0.2, -0.15) is 0 Å². The summed E-state index contributed by atoms with van der Waals surface area (Å²) in [5.41, 5.74) is 0.285. The summed E-state index contributed by atoms with van der Waals surface area (Å²) in [6.07, 6.45) is 4.36. The van der Waals surface area contributed by atoms with Crippen LogP contribution in [0.2, 0.25) is 0 Å². The van der Waals surface area contributed by atoms with E-state index >= 15 is 0 Å². The second kappa shape index (κ2) is 5.50. The Bertz CT molecular complexity index is 272. The van der Waals surface area contributed by atoms with Crippen molar-refractivity contribution in [1.29, 1.82) is 0 Å². The maximum Gasteiger partial charge on any atom is 0.0252 e. The second-order valence-corrected chi connectivity index (χ2v) is 7.67. The minimum atomic E-state index is 0.285. The lowest BCUT2D eigenvalue weighted by Gasteiger charge is -2.47. The van der Waals surface area contributed by atoms with Gasteiger partial charge in [0.2, 0.25) is 0 Å². The highest BCUT2D eigenvalue weighted by molar-refractivity contribution is 4.94. The average Bonchev–Trinajstić information content (AvgIpc) is 2.62.